The van der Waals surface area contributed by atoms with Gasteiger partial charge in [-0.25, -0.2) is 9.48 Å². The summed E-state index contributed by atoms with van der Waals surface area (Å²) in [7, 11) is 1.41. The highest BCUT2D eigenvalue weighted by Crippen LogP contribution is 2.34. The molecule has 1 saturated heterocycles. The third-order valence-corrected chi connectivity index (χ3v) is 6.51. The first-order valence-electron chi connectivity index (χ1n) is 11.3. The van der Waals surface area contributed by atoms with Crippen LogP contribution in [0.5, 0.6) is 0 Å². The Balaban J connectivity index is 1.27. The van der Waals surface area contributed by atoms with Crippen molar-refractivity contribution in [1.29, 1.82) is 0 Å². The average Bonchev–Trinajstić information content (AvgIpc) is 3.46. The van der Waals surface area contributed by atoms with Gasteiger partial charge in [-0.15, -0.1) is 5.10 Å². The first-order chi connectivity index (χ1) is 15.2. The Labute approximate surface area is 184 Å². The zero-order valence-corrected chi connectivity index (χ0v) is 18.3. The summed E-state index contributed by atoms with van der Waals surface area (Å²) in [4.78, 5) is 14.0. The molecule has 2 unspecified atom stereocenters. The fraction of sp³-hybridized carbons (Fsp3) is 0.480. The third kappa shape index (κ3) is 5.91. The molecule has 31 heavy (non-hydrogen) atoms. The molecule has 0 bridgehead atoms. The smallest absolute Gasteiger partial charge is 0.330 e. The van der Waals surface area contributed by atoms with Crippen LogP contribution >= 0.6 is 0 Å². The number of carbonyl (C=O) groups excluding carboxylic acids is 1. The predicted octanol–water partition coefficient (Wildman–Crippen LogP) is 3.79. The predicted molar refractivity (Wildman–Crippen MR) is 120 cm³/mol. The summed E-state index contributed by atoms with van der Waals surface area (Å²) in [5, 5.41) is 8.70. The van der Waals surface area contributed by atoms with Gasteiger partial charge in [0.25, 0.3) is 0 Å². The number of aromatic nitrogens is 3. The van der Waals surface area contributed by atoms with Gasteiger partial charge in [-0.2, -0.15) is 0 Å². The molecule has 0 spiro atoms. The van der Waals surface area contributed by atoms with Crippen molar-refractivity contribution in [3.05, 3.63) is 71.6 Å². The van der Waals surface area contributed by atoms with Crippen LogP contribution in [0.2, 0.25) is 0 Å². The van der Waals surface area contributed by atoms with Crippen LogP contribution in [0.15, 0.2) is 60.3 Å². The number of allylic oxidation sites excluding steroid dienone is 3. The van der Waals surface area contributed by atoms with E-state index in [1.165, 1.54) is 50.1 Å². The standard InChI is InChI=1S/C25H32N4O2/c1-31-25(30)14-11-20-9-12-22(13-10-20)24-8-5-16-28(24)17-15-23-19-29(27-26-23)18-21-6-3-2-4-7-21/h2-4,6-7,9,11,14,19,22,24H,5,8,10,12-13,15-18H2,1H3/b14-11+. The fourth-order valence-corrected chi connectivity index (χ4v) is 4.84. The maximum atomic E-state index is 11.3. The van der Waals surface area contributed by atoms with Gasteiger partial charge in [-0.3, -0.25) is 4.90 Å². The molecule has 1 aromatic heterocycles. The summed E-state index contributed by atoms with van der Waals surface area (Å²) in [6.45, 7) is 2.99. The Bertz CT molecular complexity index is 919. The van der Waals surface area contributed by atoms with Crippen molar-refractivity contribution in [2.45, 2.75) is 51.1 Å². The van der Waals surface area contributed by atoms with Crippen LogP contribution in [-0.2, 0) is 22.5 Å². The molecule has 1 aliphatic carbocycles. The molecule has 0 N–H and O–H groups in total. The summed E-state index contributed by atoms with van der Waals surface area (Å²) in [5.41, 5.74) is 3.56. The Morgan fingerprint density at radius 1 is 1.26 bits per heavy atom. The lowest BCUT2D eigenvalue weighted by molar-refractivity contribution is -0.134. The minimum absolute atomic E-state index is 0.286. The molecule has 2 heterocycles. The normalized spacial score (nSPS) is 22.0. The largest absolute Gasteiger partial charge is 0.466 e. The second kappa shape index (κ2) is 10.5. The van der Waals surface area contributed by atoms with Crippen molar-refractivity contribution in [3.63, 3.8) is 0 Å². The fourth-order valence-electron chi connectivity index (χ4n) is 4.84. The van der Waals surface area contributed by atoms with Crippen LogP contribution in [0.1, 0.15) is 43.4 Å². The quantitative estimate of drug-likeness (QED) is 0.480. The third-order valence-electron chi connectivity index (χ3n) is 6.51. The van der Waals surface area contributed by atoms with Gasteiger partial charge in [0, 0.05) is 31.3 Å². The van der Waals surface area contributed by atoms with Crippen molar-refractivity contribution in [1.82, 2.24) is 19.9 Å². The number of nitrogens with zero attached hydrogens (tertiary/aromatic N) is 4. The van der Waals surface area contributed by atoms with E-state index in [0.717, 1.165) is 38.0 Å². The monoisotopic (exact) mass is 420 g/mol. The highest BCUT2D eigenvalue weighted by Gasteiger charge is 2.32. The van der Waals surface area contributed by atoms with Gasteiger partial charge < -0.3 is 4.74 Å². The molecule has 0 radical (unpaired) electrons. The second-order valence-electron chi connectivity index (χ2n) is 8.56. The van der Waals surface area contributed by atoms with Gasteiger partial charge in [0.2, 0.25) is 0 Å². The second-order valence-corrected chi connectivity index (χ2v) is 8.56. The van der Waals surface area contributed by atoms with Crippen molar-refractivity contribution in [3.8, 4) is 0 Å². The molecule has 0 saturated carbocycles. The summed E-state index contributed by atoms with van der Waals surface area (Å²) in [6, 6.07) is 11.0. The van der Waals surface area contributed by atoms with Crippen molar-refractivity contribution < 1.29 is 9.53 Å². The Kier molecular flexibility index (Phi) is 7.30. The molecule has 4 rings (SSSR count). The Morgan fingerprint density at radius 3 is 2.90 bits per heavy atom. The zero-order chi connectivity index (χ0) is 21.5. The van der Waals surface area contributed by atoms with Crippen LogP contribution in [-0.4, -0.2) is 52.1 Å². The summed E-state index contributed by atoms with van der Waals surface area (Å²) in [6.07, 6.45) is 14.7. The lowest BCUT2D eigenvalue weighted by atomic mass is 9.83. The van der Waals surface area contributed by atoms with Crippen LogP contribution in [0.3, 0.4) is 0 Å². The van der Waals surface area contributed by atoms with Crippen LogP contribution < -0.4 is 0 Å². The summed E-state index contributed by atoms with van der Waals surface area (Å²) < 4.78 is 6.61. The minimum Gasteiger partial charge on any atom is -0.466 e. The SMILES string of the molecule is COC(=O)/C=C/C1=CCC(C2CCCN2CCc2cn(Cc3ccccc3)nn2)CC1. The van der Waals surface area contributed by atoms with E-state index in [-0.39, 0.29) is 5.97 Å². The molecular formula is C25H32N4O2. The molecule has 1 aromatic carbocycles. The number of methoxy groups -OCH3 is 1. The number of hydrogen-bond acceptors (Lipinski definition) is 5. The zero-order valence-electron chi connectivity index (χ0n) is 18.3. The van der Waals surface area contributed by atoms with Gasteiger partial charge in [-0.05, 0) is 50.1 Å². The van der Waals surface area contributed by atoms with E-state index in [1.54, 1.807) is 0 Å². The van der Waals surface area contributed by atoms with Crippen molar-refractivity contribution in [2.24, 2.45) is 5.92 Å². The Hall–Kier alpha value is -2.73. The van der Waals surface area contributed by atoms with Crippen LogP contribution in [0.25, 0.3) is 0 Å². The van der Waals surface area contributed by atoms with Crippen LogP contribution in [0, 0.1) is 5.92 Å². The molecule has 2 atom stereocenters. The molecular weight excluding hydrogens is 388 g/mol. The summed E-state index contributed by atoms with van der Waals surface area (Å²) in [5.74, 6) is 0.414. The van der Waals surface area contributed by atoms with E-state index in [2.05, 4.69) is 56.5 Å². The van der Waals surface area contributed by atoms with E-state index >= 15 is 0 Å². The molecule has 0 amide bonds. The van der Waals surface area contributed by atoms with E-state index in [0.29, 0.717) is 12.0 Å². The highest BCUT2D eigenvalue weighted by molar-refractivity contribution is 5.82. The molecule has 1 aliphatic heterocycles. The lowest BCUT2D eigenvalue weighted by Crippen LogP contribution is -2.37. The van der Waals surface area contributed by atoms with E-state index in [4.69, 9.17) is 0 Å². The maximum Gasteiger partial charge on any atom is 0.330 e. The number of ether oxygens (including phenoxy) is 1. The van der Waals surface area contributed by atoms with Crippen molar-refractivity contribution in [2.75, 3.05) is 20.2 Å². The number of benzene rings is 1. The molecule has 164 valence electrons. The van der Waals surface area contributed by atoms with E-state index < -0.39 is 0 Å². The minimum atomic E-state index is -0.286. The summed E-state index contributed by atoms with van der Waals surface area (Å²) >= 11 is 0. The number of carbonyl (C=O) groups is 1. The number of esters is 1. The average molecular weight is 421 g/mol. The highest BCUT2D eigenvalue weighted by atomic mass is 16.5. The van der Waals surface area contributed by atoms with Crippen LogP contribution in [0.4, 0.5) is 0 Å². The van der Waals surface area contributed by atoms with Gasteiger partial charge in [0.05, 0.1) is 19.3 Å². The first kappa shape index (κ1) is 21.5. The van der Waals surface area contributed by atoms with Gasteiger partial charge >= 0.3 is 5.97 Å². The first-order valence-corrected chi connectivity index (χ1v) is 11.3. The number of likely N-dealkylation sites (tertiary alicyclic amines) is 1. The van der Waals surface area contributed by atoms with E-state index in [1.807, 2.05) is 16.8 Å². The van der Waals surface area contributed by atoms with Gasteiger partial charge in [0.1, 0.15) is 0 Å². The topological polar surface area (TPSA) is 60.2 Å². The maximum absolute atomic E-state index is 11.3. The van der Waals surface area contributed by atoms with Crippen molar-refractivity contribution >= 4 is 5.97 Å². The molecule has 6 nitrogen and oxygen atoms in total. The molecule has 6 heteroatoms. The van der Waals surface area contributed by atoms with E-state index in [9.17, 15) is 4.79 Å². The van der Waals surface area contributed by atoms with Gasteiger partial charge in [-0.1, -0.05) is 53.3 Å². The number of rotatable bonds is 8. The number of hydrogen-bond donors (Lipinski definition) is 0. The Morgan fingerprint density at radius 2 is 2.13 bits per heavy atom. The lowest BCUT2D eigenvalue weighted by Gasteiger charge is -2.33. The molecule has 2 aromatic rings. The molecule has 2 aliphatic rings. The van der Waals surface area contributed by atoms with Gasteiger partial charge in [0.15, 0.2) is 0 Å². The molecule has 1 fully saturated rings.